The lowest BCUT2D eigenvalue weighted by atomic mass is 9.98. The number of esters is 8. The van der Waals surface area contributed by atoms with Crippen molar-refractivity contribution in [2.24, 2.45) is 0 Å². The third-order valence-corrected chi connectivity index (χ3v) is 7.82. The van der Waals surface area contributed by atoms with E-state index in [9.17, 15) is 38.4 Å². The zero-order valence-electron chi connectivity index (χ0n) is 33.1. The minimum Gasteiger partial charge on any atom is -0.493 e. The van der Waals surface area contributed by atoms with Crippen molar-refractivity contribution in [1.82, 2.24) is 0 Å². The molecular formula is C42H40O18. The Morgan fingerprint density at radius 1 is 0.550 bits per heavy atom. The summed E-state index contributed by atoms with van der Waals surface area (Å²) in [7, 11) is 1.34. The summed E-state index contributed by atoms with van der Waals surface area (Å²) in [4.78, 5) is 98.7. The van der Waals surface area contributed by atoms with Crippen molar-refractivity contribution in [3.63, 3.8) is 0 Å². The molecule has 1 saturated heterocycles. The Labute approximate surface area is 342 Å². The fourth-order valence-electron chi connectivity index (χ4n) is 5.45. The van der Waals surface area contributed by atoms with E-state index in [4.69, 9.17) is 47.4 Å². The van der Waals surface area contributed by atoms with Gasteiger partial charge in [-0.05, 0) is 71.8 Å². The molecule has 1 heterocycles. The van der Waals surface area contributed by atoms with Crippen LogP contribution in [0.25, 0.3) is 12.2 Å². The maximum atomic E-state index is 13.5. The van der Waals surface area contributed by atoms with Crippen molar-refractivity contribution in [2.45, 2.75) is 65.3 Å². The number of hydrogen-bond acceptors (Lipinski definition) is 18. The number of methoxy groups -OCH3 is 1. The van der Waals surface area contributed by atoms with E-state index >= 15 is 0 Å². The lowest BCUT2D eigenvalue weighted by Gasteiger charge is -2.43. The lowest BCUT2D eigenvalue weighted by molar-refractivity contribution is -0.294. The van der Waals surface area contributed by atoms with E-state index in [0.717, 1.165) is 26.0 Å². The largest absolute Gasteiger partial charge is 0.493 e. The van der Waals surface area contributed by atoms with Crippen molar-refractivity contribution in [2.75, 3.05) is 13.7 Å². The van der Waals surface area contributed by atoms with Gasteiger partial charge in [0.05, 0.1) is 12.7 Å². The SMILES string of the molecule is COc1cc(/C=C/C(=O)O[C@H]2[C@H](OC(=O)c3ccc(OC(C)=O)cc3)O[C@H](COC(=O)/C=C/c3ccc(OC(C)=O)cc3)[C@@H](OC(C)=O)[C@@H]2OC(C)=O)ccc1OC(C)=O. The van der Waals surface area contributed by atoms with Gasteiger partial charge in [0.2, 0.25) is 12.4 Å². The summed E-state index contributed by atoms with van der Waals surface area (Å²) in [6, 6.07) is 15.8. The van der Waals surface area contributed by atoms with E-state index in [1.807, 2.05) is 0 Å². The first-order valence-electron chi connectivity index (χ1n) is 17.9. The lowest BCUT2D eigenvalue weighted by Crippen LogP contribution is -2.63. The highest BCUT2D eigenvalue weighted by molar-refractivity contribution is 5.90. The summed E-state index contributed by atoms with van der Waals surface area (Å²) < 4.78 is 54.1. The van der Waals surface area contributed by atoms with Crippen molar-refractivity contribution in [3.05, 3.63) is 95.6 Å². The van der Waals surface area contributed by atoms with E-state index in [2.05, 4.69) is 0 Å². The molecule has 0 saturated carbocycles. The third kappa shape index (κ3) is 13.9. The molecule has 316 valence electrons. The molecule has 60 heavy (non-hydrogen) atoms. The average molecular weight is 833 g/mol. The second-order valence-electron chi connectivity index (χ2n) is 12.6. The number of carbonyl (C=O) groups excluding carboxylic acids is 8. The summed E-state index contributed by atoms with van der Waals surface area (Å²) in [5, 5.41) is 0. The summed E-state index contributed by atoms with van der Waals surface area (Å²) in [6.45, 7) is 5.05. The molecule has 4 rings (SSSR count). The zero-order chi connectivity index (χ0) is 43.9. The van der Waals surface area contributed by atoms with Crippen LogP contribution in [0.5, 0.6) is 23.0 Å². The molecule has 18 nitrogen and oxygen atoms in total. The minimum absolute atomic E-state index is 0.0780. The summed E-state index contributed by atoms with van der Waals surface area (Å²) in [6.07, 6.45) is -3.74. The molecule has 3 aromatic carbocycles. The van der Waals surface area contributed by atoms with Crippen LogP contribution in [0.3, 0.4) is 0 Å². The molecule has 0 amide bonds. The van der Waals surface area contributed by atoms with E-state index in [-0.39, 0.29) is 28.6 Å². The van der Waals surface area contributed by atoms with Crippen LogP contribution in [-0.2, 0) is 62.0 Å². The number of ether oxygens (including phenoxy) is 10. The summed E-state index contributed by atoms with van der Waals surface area (Å²) in [5.74, 6) is -5.83. The third-order valence-electron chi connectivity index (χ3n) is 7.82. The number of benzene rings is 3. The van der Waals surface area contributed by atoms with Gasteiger partial charge in [-0.15, -0.1) is 0 Å². The Hall–Kier alpha value is -7.34. The predicted octanol–water partition coefficient (Wildman–Crippen LogP) is 4.10. The molecule has 0 N–H and O–H groups in total. The van der Waals surface area contributed by atoms with Crippen LogP contribution < -0.4 is 18.9 Å². The normalized spacial score (nSPS) is 18.4. The number of carbonyl (C=O) groups is 8. The van der Waals surface area contributed by atoms with Crippen LogP contribution >= 0.6 is 0 Å². The number of hydrogen-bond donors (Lipinski definition) is 0. The fourth-order valence-corrected chi connectivity index (χ4v) is 5.45. The minimum atomic E-state index is -1.89. The maximum Gasteiger partial charge on any atom is 0.340 e. The van der Waals surface area contributed by atoms with Gasteiger partial charge < -0.3 is 47.4 Å². The standard InChI is InChI=1S/C42H40O18/c1-23(43)53-31-14-7-28(8-15-31)10-19-36(48)52-22-35-38(56-26(4)46)39(57-27(5)47)40(42(58-35)60-41(50)30-12-16-32(17-13-30)54-24(2)44)59-37(49)20-11-29-9-18-33(55-25(3)45)34(21-29)51-6/h7-21,35,38-40,42H,22H2,1-6H3/b19-10+,20-11+/t35-,38-,39+,40-,42+/m1/s1. The Morgan fingerprint density at radius 3 is 1.65 bits per heavy atom. The number of rotatable bonds is 15. The van der Waals surface area contributed by atoms with Gasteiger partial charge in [-0.2, -0.15) is 0 Å². The van der Waals surface area contributed by atoms with Crippen LogP contribution in [0, 0.1) is 0 Å². The molecule has 18 heteroatoms. The van der Waals surface area contributed by atoms with Gasteiger partial charge in [-0.25, -0.2) is 14.4 Å². The second-order valence-corrected chi connectivity index (χ2v) is 12.6. The van der Waals surface area contributed by atoms with Crippen molar-refractivity contribution < 1.29 is 85.7 Å². The Bertz CT molecular complexity index is 2140. The Morgan fingerprint density at radius 2 is 1.08 bits per heavy atom. The summed E-state index contributed by atoms with van der Waals surface area (Å²) in [5.41, 5.74) is 0.851. The molecule has 1 aliphatic rings. The van der Waals surface area contributed by atoms with Crippen molar-refractivity contribution in [3.8, 4) is 23.0 Å². The molecular weight excluding hydrogens is 792 g/mol. The van der Waals surface area contributed by atoms with Crippen LogP contribution in [0.4, 0.5) is 0 Å². The topological polar surface area (TPSA) is 229 Å². The first-order valence-corrected chi connectivity index (χ1v) is 17.9. The van der Waals surface area contributed by atoms with Gasteiger partial charge >= 0.3 is 47.8 Å². The quantitative estimate of drug-likeness (QED) is 0.0908. The Balaban J connectivity index is 1.64. The van der Waals surface area contributed by atoms with Crippen LogP contribution in [0.1, 0.15) is 56.1 Å². The molecule has 5 atom stereocenters. The van der Waals surface area contributed by atoms with Crippen LogP contribution in [-0.4, -0.2) is 92.2 Å². The highest BCUT2D eigenvalue weighted by atomic mass is 16.7. The molecule has 0 radical (unpaired) electrons. The first-order chi connectivity index (χ1) is 28.5. The highest BCUT2D eigenvalue weighted by Crippen LogP contribution is 2.32. The Kier molecular flexibility index (Phi) is 16.2. The van der Waals surface area contributed by atoms with E-state index < -0.39 is 85.1 Å². The van der Waals surface area contributed by atoms with Crippen molar-refractivity contribution >= 4 is 59.9 Å². The maximum absolute atomic E-state index is 13.5. The molecule has 1 fully saturated rings. The monoisotopic (exact) mass is 832 g/mol. The predicted molar refractivity (Wildman–Crippen MR) is 204 cm³/mol. The van der Waals surface area contributed by atoms with Crippen LogP contribution in [0.2, 0.25) is 0 Å². The van der Waals surface area contributed by atoms with Gasteiger partial charge in [0, 0.05) is 46.8 Å². The van der Waals surface area contributed by atoms with E-state index in [1.165, 1.54) is 94.6 Å². The molecule has 0 spiro atoms. The molecule has 0 aromatic heterocycles. The zero-order valence-corrected chi connectivity index (χ0v) is 33.1. The van der Waals surface area contributed by atoms with Gasteiger partial charge in [0.25, 0.3) is 0 Å². The highest BCUT2D eigenvalue weighted by Gasteiger charge is 2.54. The van der Waals surface area contributed by atoms with Crippen molar-refractivity contribution in [1.29, 1.82) is 0 Å². The van der Waals surface area contributed by atoms with Gasteiger partial charge in [0.1, 0.15) is 24.2 Å². The van der Waals surface area contributed by atoms with E-state index in [0.29, 0.717) is 11.1 Å². The van der Waals surface area contributed by atoms with Gasteiger partial charge in [-0.1, -0.05) is 18.2 Å². The fraction of sp³-hybridized carbons (Fsp3) is 0.286. The smallest absolute Gasteiger partial charge is 0.340 e. The molecule has 0 bridgehead atoms. The average Bonchev–Trinajstić information content (AvgIpc) is 3.18. The molecule has 0 unspecified atom stereocenters. The summed E-state index contributed by atoms with van der Waals surface area (Å²) >= 11 is 0. The molecule has 1 aliphatic heterocycles. The molecule has 3 aromatic rings. The second kappa shape index (κ2) is 21.4. The van der Waals surface area contributed by atoms with E-state index in [1.54, 1.807) is 12.1 Å². The molecule has 0 aliphatic carbocycles. The van der Waals surface area contributed by atoms with Gasteiger partial charge in [0.15, 0.2) is 23.7 Å². The van der Waals surface area contributed by atoms with Gasteiger partial charge in [-0.3, -0.25) is 24.0 Å². The first kappa shape index (κ1) is 45.4. The van der Waals surface area contributed by atoms with Crippen LogP contribution in [0.15, 0.2) is 78.9 Å².